The molecule has 2 N–H and O–H groups in total. The van der Waals surface area contributed by atoms with Crippen molar-refractivity contribution >= 4 is 27.2 Å². The molecule has 31 heavy (non-hydrogen) atoms. The molecule has 0 fully saturated rings. The van der Waals surface area contributed by atoms with Crippen molar-refractivity contribution in [2.24, 2.45) is 0 Å². The first-order valence-corrected chi connectivity index (χ1v) is 10.4. The van der Waals surface area contributed by atoms with E-state index in [1.54, 1.807) is 38.9 Å². The summed E-state index contributed by atoms with van der Waals surface area (Å²) in [4.78, 5) is 4.48. The molecule has 0 atom stereocenters. The van der Waals surface area contributed by atoms with Gasteiger partial charge in [0.05, 0.1) is 21.3 Å². The summed E-state index contributed by atoms with van der Waals surface area (Å²) >= 11 is 1.61. The van der Waals surface area contributed by atoms with Gasteiger partial charge in [-0.3, -0.25) is 0 Å². The fraction of sp³-hybridized carbons (Fsp3) is 0.174. The molecule has 0 spiro atoms. The predicted molar refractivity (Wildman–Crippen MR) is 121 cm³/mol. The van der Waals surface area contributed by atoms with Gasteiger partial charge in [-0.1, -0.05) is 6.07 Å². The highest BCUT2D eigenvalue weighted by Gasteiger charge is 2.20. The summed E-state index contributed by atoms with van der Waals surface area (Å²) in [6, 6.07) is 9.70. The number of hydrogen-bond acceptors (Lipinski definition) is 8. The third-order valence-electron chi connectivity index (χ3n) is 5.28. The first kappa shape index (κ1) is 19.3. The van der Waals surface area contributed by atoms with E-state index in [9.17, 15) is 0 Å². The summed E-state index contributed by atoms with van der Waals surface area (Å²) in [6.45, 7) is 0.234. The van der Waals surface area contributed by atoms with Crippen LogP contribution in [0.5, 0.6) is 28.7 Å². The van der Waals surface area contributed by atoms with Gasteiger partial charge in [-0.2, -0.15) is 0 Å². The van der Waals surface area contributed by atoms with Crippen molar-refractivity contribution in [2.45, 2.75) is 0 Å². The molecule has 7 nitrogen and oxygen atoms in total. The molecule has 4 aromatic rings. The fourth-order valence-electron chi connectivity index (χ4n) is 3.79. The van der Waals surface area contributed by atoms with Crippen LogP contribution < -0.4 is 29.4 Å². The zero-order chi connectivity index (χ0) is 21.5. The highest BCUT2D eigenvalue weighted by molar-refractivity contribution is 7.18. The maximum absolute atomic E-state index is 6.33. The molecule has 0 saturated carbocycles. The van der Waals surface area contributed by atoms with Crippen LogP contribution in [-0.2, 0) is 0 Å². The van der Waals surface area contributed by atoms with Gasteiger partial charge in [0.2, 0.25) is 12.5 Å². The smallest absolute Gasteiger partial charge is 0.231 e. The van der Waals surface area contributed by atoms with Gasteiger partial charge in [0.1, 0.15) is 5.82 Å². The Morgan fingerprint density at radius 1 is 0.903 bits per heavy atom. The van der Waals surface area contributed by atoms with E-state index in [0.29, 0.717) is 23.1 Å². The van der Waals surface area contributed by atoms with Crippen molar-refractivity contribution in [3.05, 3.63) is 41.9 Å². The van der Waals surface area contributed by atoms with Crippen LogP contribution in [0.15, 0.2) is 41.9 Å². The van der Waals surface area contributed by atoms with E-state index in [4.69, 9.17) is 29.4 Å². The Bertz CT molecular complexity index is 1280. The Balaban J connectivity index is 1.70. The third-order valence-corrected chi connectivity index (χ3v) is 6.30. The van der Waals surface area contributed by atoms with Crippen molar-refractivity contribution in [3.8, 4) is 51.0 Å². The van der Waals surface area contributed by atoms with Crippen molar-refractivity contribution in [1.29, 1.82) is 0 Å². The van der Waals surface area contributed by atoms with Gasteiger partial charge < -0.3 is 29.4 Å². The number of fused-ring (bicyclic) bond motifs is 2. The van der Waals surface area contributed by atoms with Crippen molar-refractivity contribution < 1.29 is 23.7 Å². The van der Waals surface area contributed by atoms with Gasteiger partial charge in [0.25, 0.3) is 0 Å². The number of benzene rings is 2. The predicted octanol–water partition coefficient (Wildman–Crippen LogP) is 4.97. The fourth-order valence-corrected chi connectivity index (χ4v) is 4.91. The number of nitrogens with two attached hydrogens (primary N) is 1. The normalized spacial score (nSPS) is 12.2. The number of thiophene rings is 1. The second-order valence-electron chi connectivity index (χ2n) is 6.89. The molecule has 8 heteroatoms. The van der Waals surface area contributed by atoms with E-state index in [2.05, 4.69) is 10.4 Å². The summed E-state index contributed by atoms with van der Waals surface area (Å²) in [5, 5.41) is 2.98. The Morgan fingerprint density at radius 2 is 1.65 bits per heavy atom. The van der Waals surface area contributed by atoms with Crippen LogP contribution in [0, 0.1) is 0 Å². The number of nitrogens with zero attached hydrogens (tertiary/aromatic N) is 1. The minimum absolute atomic E-state index is 0.234. The largest absolute Gasteiger partial charge is 0.493 e. The molecule has 158 valence electrons. The SMILES string of the molecule is COc1cc(-c2cnc(N)c3c(-c4ccc5c(c4)OCO5)csc23)cc(OC)c1OC. The van der Waals surface area contributed by atoms with E-state index in [1.165, 1.54) is 0 Å². The van der Waals surface area contributed by atoms with Gasteiger partial charge in [-0.25, -0.2) is 4.98 Å². The monoisotopic (exact) mass is 436 g/mol. The number of methoxy groups -OCH3 is 3. The Hall–Kier alpha value is -3.65. The topological polar surface area (TPSA) is 85.1 Å². The lowest BCUT2D eigenvalue weighted by Gasteiger charge is -2.15. The quantitative estimate of drug-likeness (QED) is 0.473. The molecule has 1 aliphatic rings. The van der Waals surface area contributed by atoms with Gasteiger partial charge in [-0.15, -0.1) is 11.3 Å². The average molecular weight is 436 g/mol. The molecule has 1 aliphatic heterocycles. The number of aromatic nitrogens is 1. The van der Waals surface area contributed by atoms with Gasteiger partial charge >= 0.3 is 0 Å². The summed E-state index contributed by atoms with van der Waals surface area (Å²) in [6.07, 6.45) is 1.78. The number of ether oxygens (including phenoxy) is 5. The Kier molecular flexibility index (Phi) is 4.71. The van der Waals surface area contributed by atoms with Crippen LogP contribution in [0.1, 0.15) is 0 Å². The summed E-state index contributed by atoms with van der Waals surface area (Å²) < 4.78 is 28.5. The van der Waals surface area contributed by atoms with Crippen molar-refractivity contribution in [2.75, 3.05) is 33.9 Å². The maximum Gasteiger partial charge on any atom is 0.231 e. The van der Waals surface area contributed by atoms with E-state index in [1.807, 2.05) is 30.3 Å². The highest BCUT2D eigenvalue weighted by Crippen LogP contribution is 2.47. The molecule has 3 heterocycles. The number of rotatable bonds is 5. The average Bonchev–Trinajstić information content (AvgIpc) is 3.45. The number of anilines is 1. The van der Waals surface area contributed by atoms with E-state index < -0.39 is 0 Å². The lowest BCUT2D eigenvalue weighted by Crippen LogP contribution is -1.97. The molecule has 0 aliphatic carbocycles. The minimum Gasteiger partial charge on any atom is -0.493 e. The molecule has 0 unspecified atom stereocenters. The zero-order valence-corrected chi connectivity index (χ0v) is 18.0. The standard InChI is InChI=1S/C23H20N2O5S/c1-26-18-7-13(8-19(27-2)21(18)28-3)14-9-25-23(24)20-15(10-31-22(14)20)12-4-5-16-17(6-12)30-11-29-16/h4-10H,11H2,1-3H3,(H2,24,25). The third kappa shape index (κ3) is 3.07. The van der Waals surface area contributed by atoms with Gasteiger partial charge in [-0.05, 0) is 40.8 Å². The first-order chi connectivity index (χ1) is 15.1. The Labute approximate surface area is 182 Å². The second kappa shape index (κ2) is 7.55. The number of nitrogen functional groups attached to an aromatic ring is 1. The summed E-state index contributed by atoms with van der Waals surface area (Å²) in [5.74, 6) is 3.64. The molecule has 2 aromatic carbocycles. The van der Waals surface area contributed by atoms with E-state index >= 15 is 0 Å². The van der Waals surface area contributed by atoms with E-state index in [0.717, 1.165) is 43.8 Å². The number of hydrogen-bond donors (Lipinski definition) is 1. The van der Waals surface area contributed by atoms with Crippen LogP contribution >= 0.6 is 11.3 Å². The summed E-state index contributed by atoms with van der Waals surface area (Å²) in [7, 11) is 4.78. The Morgan fingerprint density at radius 3 is 2.35 bits per heavy atom. The van der Waals surface area contributed by atoms with E-state index in [-0.39, 0.29) is 6.79 Å². The van der Waals surface area contributed by atoms with Gasteiger partial charge in [0, 0.05) is 27.4 Å². The van der Waals surface area contributed by atoms with Crippen molar-refractivity contribution in [1.82, 2.24) is 4.98 Å². The molecule has 2 aromatic heterocycles. The van der Waals surface area contributed by atoms with Crippen LogP contribution in [0.3, 0.4) is 0 Å². The molecule has 0 bridgehead atoms. The van der Waals surface area contributed by atoms with Crippen LogP contribution in [-0.4, -0.2) is 33.1 Å². The molecule has 0 amide bonds. The summed E-state index contributed by atoms with van der Waals surface area (Å²) in [5.41, 5.74) is 10.1. The molecular formula is C23H20N2O5S. The minimum atomic E-state index is 0.234. The first-order valence-electron chi connectivity index (χ1n) is 9.50. The molecule has 0 radical (unpaired) electrons. The molecular weight excluding hydrogens is 416 g/mol. The molecule has 5 rings (SSSR count). The highest BCUT2D eigenvalue weighted by atomic mass is 32.1. The van der Waals surface area contributed by atoms with Crippen LogP contribution in [0.4, 0.5) is 5.82 Å². The lowest BCUT2D eigenvalue weighted by atomic mass is 10.0. The van der Waals surface area contributed by atoms with Crippen LogP contribution in [0.25, 0.3) is 32.3 Å². The van der Waals surface area contributed by atoms with Crippen LogP contribution in [0.2, 0.25) is 0 Å². The lowest BCUT2D eigenvalue weighted by molar-refractivity contribution is 0.174. The van der Waals surface area contributed by atoms with Crippen molar-refractivity contribution in [3.63, 3.8) is 0 Å². The van der Waals surface area contributed by atoms with Gasteiger partial charge in [0.15, 0.2) is 23.0 Å². The second-order valence-corrected chi connectivity index (χ2v) is 7.77. The number of pyridine rings is 1. The molecule has 0 saturated heterocycles. The zero-order valence-electron chi connectivity index (χ0n) is 17.2. The maximum atomic E-state index is 6.33.